The lowest BCUT2D eigenvalue weighted by Gasteiger charge is -2.24. The molecule has 0 aromatic heterocycles. The van der Waals surface area contributed by atoms with E-state index in [1.54, 1.807) is 0 Å². The standard InChI is InChI=1S/C6H14O3.C2H4O11S4/c1-2-6(3-7,4-8)5-9;3-1(4)2(15(5,6)7,16(8,9)10)14-17(11,12)13/h7-9H,2-5H2,1H3;(H,3,4)(H,5,6,7)(H,8,9,10)(H,11,12,13). The molecule has 0 spiro atoms. The molecule has 0 amide bonds. The molecule has 0 unspecified atom stereocenters. The lowest BCUT2D eigenvalue weighted by atomic mass is 9.88. The number of aliphatic hydroxyl groups is 3. The van der Waals surface area contributed by atoms with E-state index in [4.69, 9.17) is 34.1 Å². The van der Waals surface area contributed by atoms with Crippen molar-refractivity contribution in [1.82, 2.24) is 0 Å². The van der Waals surface area contributed by atoms with Crippen molar-refractivity contribution in [3.63, 3.8) is 0 Å². The van der Waals surface area contributed by atoms with E-state index < -0.39 is 55.0 Å². The van der Waals surface area contributed by atoms with Gasteiger partial charge in [0.05, 0.1) is 30.6 Å². The highest BCUT2D eigenvalue weighted by atomic mass is 33.2. The molecule has 26 heavy (non-hydrogen) atoms. The van der Waals surface area contributed by atoms with Crippen LogP contribution in [0, 0.1) is 5.41 Å². The summed E-state index contributed by atoms with van der Waals surface area (Å²) < 4.78 is 83.9. The van der Waals surface area contributed by atoms with Crippen LogP contribution in [0.1, 0.15) is 13.3 Å². The van der Waals surface area contributed by atoms with Crippen LogP contribution in [-0.4, -0.2) is 88.5 Å². The Hall–Kier alpha value is -0.570. The molecule has 0 aliphatic rings. The Labute approximate surface area is 152 Å². The fourth-order valence-corrected chi connectivity index (χ4v) is 7.78. The van der Waals surface area contributed by atoms with Crippen molar-refractivity contribution in [2.24, 2.45) is 5.41 Å². The van der Waals surface area contributed by atoms with E-state index in [0.717, 1.165) is 0 Å². The van der Waals surface area contributed by atoms with Crippen molar-refractivity contribution in [3.05, 3.63) is 0 Å². The zero-order chi connectivity index (χ0) is 21.6. The summed E-state index contributed by atoms with van der Waals surface area (Å²) in [4.78, 5) is 10.5. The van der Waals surface area contributed by atoms with Crippen LogP contribution >= 0.6 is 10.8 Å². The normalized spacial score (nSPS) is 13.7. The van der Waals surface area contributed by atoms with Gasteiger partial charge in [0.1, 0.15) is 0 Å². The highest BCUT2D eigenvalue weighted by Crippen LogP contribution is 2.39. The maximum atomic E-state index is 10.7. The minimum absolute atomic E-state index is 0.156. The van der Waals surface area contributed by atoms with Gasteiger partial charge in [-0.25, -0.2) is 4.79 Å². The first kappa shape index (κ1) is 27.6. The highest BCUT2D eigenvalue weighted by Gasteiger charge is 2.66. The molecule has 0 atom stereocenters. The number of rotatable bonds is 9. The molecule has 0 saturated heterocycles. The number of carboxylic acid groups (broad SMARTS) is 1. The van der Waals surface area contributed by atoms with Crippen molar-refractivity contribution in [3.8, 4) is 0 Å². The van der Waals surface area contributed by atoms with Gasteiger partial charge in [0.15, 0.2) is 0 Å². The van der Waals surface area contributed by atoms with Crippen LogP contribution in [0.15, 0.2) is 0 Å². The van der Waals surface area contributed by atoms with Crippen LogP contribution in [0.3, 0.4) is 0 Å². The van der Waals surface area contributed by atoms with Crippen LogP contribution in [0.25, 0.3) is 0 Å². The van der Waals surface area contributed by atoms with Crippen molar-refractivity contribution >= 4 is 46.1 Å². The van der Waals surface area contributed by atoms with Crippen LogP contribution in [-0.2, 0) is 34.2 Å². The molecule has 0 fully saturated rings. The Morgan fingerprint density at radius 3 is 1.19 bits per heavy atom. The second kappa shape index (κ2) is 9.57. The van der Waals surface area contributed by atoms with Gasteiger partial charge in [-0.15, -0.1) is 0 Å². The van der Waals surface area contributed by atoms with Gasteiger partial charge < -0.3 is 20.4 Å². The smallest absolute Gasteiger partial charge is 0.378 e. The lowest BCUT2D eigenvalue weighted by Crippen LogP contribution is -2.50. The summed E-state index contributed by atoms with van der Waals surface area (Å²) in [6, 6.07) is 0. The predicted molar refractivity (Wildman–Crippen MR) is 86.6 cm³/mol. The Bertz CT molecular complexity index is 725. The quantitative estimate of drug-likeness (QED) is 0.136. The zero-order valence-corrected chi connectivity index (χ0v) is 16.2. The first-order chi connectivity index (χ1) is 11.4. The first-order valence-electron chi connectivity index (χ1n) is 6.07. The van der Waals surface area contributed by atoms with Crippen LogP contribution in [0.2, 0.25) is 0 Å². The van der Waals surface area contributed by atoms with Gasteiger partial charge in [0.25, 0.3) is 0 Å². The summed E-state index contributed by atoms with van der Waals surface area (Å²) in [5.41, 5.74) is -0.667. The van der Waals surface area contributed by atoms with Gasteiger partial charge in [-0.05, 0) is 6.42 Å². The number of hydrogen-bond donors (Lipinski definition) is 7. The van der Waals surface area contributed by atoms with E-state index >= 15 is 0 Å². The molecule has 7 N–H and O–H groups in total. The van der Waals surface area contributed by atoms with Crippen molar-refractivity contribution < 1.29 is 64.1 Å². The summed E-state index contributed by atoms with van der Waals surface area (Å²) in [7, 11) is -19.4. The largest absolute Gasteiger partial charge is 0.478 e. The molecule has 0 heterocycles. The summed E-state index contributed by atoms with van der Waals surface area (Å²) >= 11 is 0. The zero-order valence-electron chi connectivity index (χ0n) is 12.9. The number of aliphatic hydroxyl groups excluding tert-OH is 3. The predicted octanol–water partition coefficient (Wildman–Crippen LogP) is -2.60. The van der Waals surface area contributed by atoms with Gasteiger partial charge in [0, 0.05) is 5.41 Å². The van der Waals surface area contributed by atoms with Crippen molar-refractivity contribution in [2.75, 3.05) is 19.8 Å². The van der Waals surface area contributed by atoms with Crippen molar-refractivity contribution in [1.29, 1.82) is 0 Å². The monoisotopic (exact) mass is 466 g/mol. The summed E-state index contributed by atoms with van der Waals surface area (Å²) in [5, 5.41) is 34.4. The fourth-order valence-electron chi connectivity index (χ4n) is 1.10. The van der Waals surface area contributed by atoms with E-state index in [-0.39, 0.29) is 19.8 Å². The van der Waals surface area contributed by atoms with E-state index in [9.17, 15) is 30.0 Å². The molecule has 14 nitrogen and oxygen atoms in total. The minimum Gasteiger partial charge on any atom is -0.478 e. The summed E-state index contributed by atoms with van der Waals surface area (Å²) in [6.45, 7) is 1.35. The Balaban J connectivity index is 0. The topological polar surface area (TPSA) is 261 Å². The van der Waals surface area contributed by atoms with Crippen LogP contribution < -0.4 is 0 Å². The molecule has 0 aromatic rings. The summed E-state index contributed by atoms with van der Waals surface area (Å²) in [5.74, 6) is -2.93. The molecule has 0 rings (SSSR count). The van der Waals surface area contributed by atoms with E-state index in [1.165, 1.54) is 0 Å². The third-order valence-electron chi connectivity index (χ3n) is 2.91. The molecule has 0 radical (unpaired) electrons. The van der Waals surface area contributed by atoms with Gasteiger partial charge >= 0.3 is 38.8 Å². The second-order valence-corrected chi connectivity index (χ2v) is 11.9. The first-order valence-corrected chi connectivity index (χ1v) is 11.7. The van der Waals surface area contributed by atoms with Gasteiger partial charge in [-0.1, -0.05) is 6.92 Å². The minimum atomic E-state index is -6.13. The van der Waals surface area contributed by atoms with E-state index in [2.05, 4.69) is 0 Å². The molecule has 0 saturated carbocycles. The van der Waals surface area contributed by atoms with E-state index in [1.807, 2.05) is 6.92 Å². The number of aliphatic carboxylic acids is 1. The summed E-state index contributed by atoms with van der Waals surface area (Å²) in [6.07, 6.45) is 0.594. The molecule has 0 aromatic carbocycles. The maximum Gasteiger partial charge on any atom is 0.378 e. The number of carbonyl (C=O) groups is 1. The molecule has 0 aliphatic heterocycles. The van der Waals surface area contributed by atoms with Crippen LogP contribution in [0.4, 0.5) is 0 Å². The molecular formula is C8H18O14S4. The molecule has 0 bridgehead atoms. The molecular weight excluding hydrogens is 448 g/mol. The Morgan fingerprint density at radius 2 is 1.15 bits per heavy atom. The third-order valence-corrected chi connectivity index (χ3v) is 10.3. The second-order valence-electron chi connectivity index (χ2n) is 4.65. The Morgan fingerprint density at radius 1 is 0.846 bits per heavy atom. The average Bonchev–Trinajstić information content (AvgIpc) is 2.45. The number of hydrogen-bond acceptors (Lipinski definition) is 11. The molecule has 0 aliphatic carbocycles. The SMILES string of the molecule is CCC(CO)(CO)CO.O=C(O)C(SS(=O)(=O)O)(S(=O)(=O)O)S(=O)(=O)O. The average molecular weight is 466 g/mol. The molecule has 158 valence electrons. The van der Waals surface area contributed by atoms with Gasteiger partial charge in [-0.2, -0.15) is 25.3 Å². The van der Waals surface area contributed by atoms with Crippen LogP contribution in [0.5, 0.6) is 0 Å². The highest BCUT2D eigenvalue weighted by molar-refractivity contribution is 8.74. The lowest BCUT2D eigenvalue weighted by molar-refractivity contribution is -0.135. The number of carboxylic acids is 1. The Kier molecular flexibility index (Phi) is 10.2. The third kappa shape index (κ3) is 6.87. The van der Waals surface area contributed by atoms with Gasteiger partial charge in [0.2, 0.25) is 0 Å². The fraction of sp³-hybridized carbons (Fsp3) is 0.875. The molecule has 18 heteroatoms. The van der Waals surface area contributed by atoms with E-state index in [0.29, 0.717) is 6.42 Å². The van der Waals surface area contributed by atoms with Crippen molar-refractivity contribution in [2.45, 2.75) is 16.8 Å². The maximum absolute atomic E-state index is 10.7. The van der Waals surface area contributed by atoms with Gasteiger partial charge in [-0.3, -0.25) is 13.7 Å².